The molecule has 0 aliphatic rings. The molecule has 74 heavy (non-hydrogen) atoms. The summed E-state index contributed by atoms with van der Waals surface area (Å²) in [6, 6.07) is -0.623. The van der Waals surface area contributed by atoms with Gasteiger partial charge in [-0.3, -0.25) is 9.59 Å². The number of carbonyl (C=O) groups excluding carboxylic acids is 2. The van der Waals surface area contributed by atoms with E-state index in [0.717, 1.165) is 38.5 Å². The van der Waals surface area contributed by atoms with E-state index in [1.165, 1.54) is 308 Å². The fraction of sp³-hybridized carbons (Fsp3) is 0.912. The third kappa shape index (κ3) is 59.6. The van der Waals surface area contributed by atoms with E-state index in [4.69, 9.17) is 4.74 Å². The Balaban J connectivity index is 3.32. The van der Waals surface area contributed by atoms with E-state index in [-0.39, 0.29) is 18.5 Å². The lowest BCUT2D eigenvalue weighted by molar-refractivity contribution is -0.143. The monoisotopic (exact) mass is 1040 g/mol. The van der Waals surface area contributed by atoms with E-state index >= 15 is 0 Å². The molecule has 2 unspecified atom stereocenters. The number of hydrogen-bond acceptors (Lipinski definition) is 5. The van der Waals surface area contributed by atoms with Gasteiger partial charge in [-0.2, -0.15) is 0 Å². The number of nitrogens with one attached hydrogen (secondary N) is 1. The van der Waals surface area contributed by atoms with Crippen LogP contribution in [0.2, 0.25) is 0 Å². The summed E-state index contributed by atoms with van der Waals surface area (Å²) in [7, 11) is 0. The van der Waals surface area contributed by atoms with Crippen LogP contribution in [0.3, 0.4) is 0 Å². The second-order valence-electron chi connectivity index (χ2n) is 23.2. The van der Waals surface area contributed by atoms with Crippen LogP contribution in [0.25, 0.3) is 0 Å². The SMILES string of the molecule is CCCCCCCCCC/C=C/C(O)C(CO)NC(=O)CCCCCCCCCCCCCCCCCCC/C=C\CCCCCCCCCCCCCCCCOC(=O)CCCCCCCCCCCCCC. The number of ether oxygens (including phenoxy) is 1. The standard InChI is InChI=1S/C68H131NO5/c1-3-5-7-9-11-13-15-42-46-50-54-58-62-68(73)74-63-59-55-51-47-43-40-38-36-34-32-30-28-26-24-22-20-18-16-17-19-21-23-25-27-29-31-33-35-37-39-41-45-49-53-57-61-67(72)69-65(64-70)66(71)60-56-52-48-44-14-12-10-8-6-4-2/h18,20,56,60,65-66,70-71H,3-17,19,21-55,57-59,61-64H2,1-2H3,(H,69,72)/b20-18-,60-56+. The largest absolute Gasteiger partial charge is 0.466 e. The normalized spacial score (nSPS) is 12.6. The van der Waals surface area contributed by atoms with Crippen LogP contribution in [-0.4, -0.2) is 47.4 Å². The van der Waals surface area contributed by atoms with Gasteiger partial charge in [0.25, 0.3) is 0 Å². The maximum atomic E-state index is 12.4. The number of carbonyl (C=O) groups is 2. The molecule has 0 saturated heterocycles. The van der Waals surface area contributed by atoms with E-state index < -0.39 is 12.1 Å². The van der Waals surface area contributed by atoms with E-state index in [9.17, 15) is 19.8 Å². The molecular formula is C68H131NO5. The van der Waals surface area contributed by atoms with Crippen LogP contribution in [-0.2, 0) is 14.3 Å². The van der Waals surface area contributed by atoms with Gasteiger partial charge >= 0.3 is 5.97 Å². The molecule has 6 heteroatoms. The first kappa shape index (κ1) is 72.3. The quantitative estimate of drug-likeness (QED) is 0.0320. The average molecular weight is 1040 g/mol. The second kappa shape index (κ2) is 63.9. The molecule has 0 radical (unpaired) electrons. The van der Waals surface area contributed by atoms with Crippen molar-refractivity contribution in [2.75, 3.05) is 13.2 Å². The van der Waals surface area contributed by atoms with Crippen LogP contribution in [0.1, 0.15) is 373 Å². The molecule has 0 saturated carbocycles. The molecule has 0 bridgehead atoms. The van der Waals surface area contributed by atoms with Crippen molar-refractivity contribution in [2.24, 2.45) is 0 Å². The van der Waals surface area contributed by atoms with Crippen LogP contribution in [0.4, 0.5) is 0 Å². The van der Waals surface area contributed by atoms with Gasteiger partial charge in [0.15, 0.2) is 0 Å². The summed E-state index contributed by atoms with van der Waals surface area (Å²) < 4.78 is 5.48. The van der Waals surface area contributed by atoms with Gasteiger partial charge in [-0.15, -0.1) is 0 Å². The summed E-state index contributed by atoms with van der Waals surface area (Å²) in [6.07, 6.45) is 79.8. The van der Waals surface area contributed by atoms with Crippen molar-refractivity contribution in [3.8, 4) is 0 Å². The number of allylic oxidation sites excluding steroid dienone is 3. The van der Waals surface area contributed by atoms with Crippen molar-refractivity contribution in [2.45, 2.75) is 386 Å². The Morgan fingerprint density at radius 1 is 0.365 bits per heavy atom. The Morgan fingerprint density at radius 3 is 0.959 bits per heavy atom. The van der Waals surface area contributed by atoms with Crippen LogP contribution in [0, 0.1) is 0 Å². The molecule has 438 valence electrons. The molecule has 0 aromatic carbocycles. The molecular weight excluding hydrogens is 911 g/mol. The Hall–Kier alpha value is -1.66. The minimum absolute atomic E-state index is 0.0210. The summed E-state index contributed by atoms with van der Waals surface area (Å²) in [5.41, 5.74) is 0. The number of hydrogen-bond donors (Lipinski definition) is 3. The zero-order valence-electron chi connectivity index (χ0n) is 50.1. The highest BCUT2D eigenvalue weighted by Gasteiger charge is 2.18. The maximum absolute atomic E-state index is 12.4. The van der Waals surface area contributed by atoms with Crippen molar-refractivity contribution in [3.05, 3.63) is 24.3 Å². The molecule has 0 heterocycles. The summed E-state index contributed by atoms with van der Waals surface area (Å²) in [5, 5.41) is 23.0. The first-order chi connectivity index (χ1) is 36.5. The first-order valence-corrected chi connectivity index (χ1v) is 33.6. The van der Waals surface area contributed by atoms with Crippen molar-refractivity contribution in [1.29, 1.82) is 0 Å². The van der Waals surface area contributed by atoms with Gasteiger partial charge in [0.2, 0.25) is 5.91 Å². The highest BCUT2D eigenvalue weighted by atomic mass is 16.5. The Bertz CT molecular complexity index is 1150. The van der Waals surface area contributed by atoms with Crippen molar-refractivity contribution in [1.82, 2.24) is 5.32 Å². The lowest BCUT2D eigenvalue weighted by Gasteiger charge is -2.20. The fourth-order valence-corrected chi connectivity index (χ4v) is 10.6. The third-order valence-electron chi connectivity index (χ3n) is 15.7. The van der Waals surface area contributed by atoms with Crippen LogP contribution < -0.4 is 5.32 Å². The van der Waals surface area contributed by atoms with E-state index in [1.54, 1.807) is 6.08 Å². The number of rotatable bonds is 63. The molecule has 2 atom stereocenters. The summed E-state index contributed by atoms with van der Waals surface area (Å²) >= 11 is 0. The zero-order valence-corrected chi connectivity index (χ0v) is 50.1. The van der Waals surface area contributed by atoms with Gasteiger partial charge in [-0.05, 0) is 57.8 Å². The van der Waals surface area contributed by atoms with Gasteiger partial charge in [-0.1, -0.05) is 327 Å². The molecule has 0 aromatic heterocycles. The lowest BCUT2D eigenvalue weighted by Crippen LogP contribution is -2.45. The smallest absolute Gasteiger partial charge is 0.305 e. The van der Waals surface area contributed by atoms with Crippen molar-refractivity contribution < 1.29 is 24.5 Å². The average Bonchev–Trinajstić information content (AvgIpc) is 3.40. The minimum atomic E-state index is -0.839. The number of aliphatic hydroxyl groups is 2. The van der Waals surface area contributed by atoms with Crippen LogP contribution >= 0.6 is 0 Å². The molecule has 0 aliphatic carbocycles. The third-order valence-corrected chi connectivity index (χ3v) is 15.7. The molecule has 3 N–H and O–H groups in total. The maximum Gasteiger partial charge on any atom is 0.305 e. The van der Waals surface area contributed by atoms with Crippen molar-refractivity contribution >= 4 is 11.9 Å². The van der Waals surface area contributed by atoms with E-state index in [0.29, 0.717) is 19.4 Å². The van der Waals surface area contributed by atoms with Gasteiger partial charge in [0.1, 0.15) is 0 Å². The zero-order chi connectivity index (χ0) is 53.6. The highest BCUT2D eigenvalue weighted by Crippen LogP contribution is 2.18. The highest BCUT2D eigenvalue weighted by molar-refractivity contribution is 5.76. The molecule has 0 aliphatic heterocycles. The van der Waals surface area contributed by atoms with E-state index in [2.05, 4.69) is 31.3 Å². The molecule has 0 aromatic rings. The molecule has 6 nitrogen and oxygen atoms in total. The van der Waals surface area contributed by atoms with Crippen molar-refractivity contribution in [3.63, 3.8) is 0 Å². The number of esters is 1. The van der Waals surface area contributed by atoms with E-state index in [1.807, 2.05) is 6.08 Å². The first-order valence-electron chi connectivity index (χ1n) is 33.6. The van der Waals surface area contributed by atoms with Crippen LogP contribution in [0.5, 0.6) is 0 Å². The van der Waals surface area contributed by atoms with Gasteiger partial charge in [-0.25, -0.2) is 0 Å². The fourth-order valence-electron chi connectivity index (χ4n) is 10.6. The van der Waals surface area contributed by atoms with Gasteiger partial charge in [0, 0.05) is 12.8 Å². The molecule has 0 fully saturated rings. The predicted octanol–water partition coefficient (Wildman–Crippen LogP) is 21.4. The lowest BCUT2D eigenvalue weighted by atomic mass is 10.0. The second-order valence-corrected chi connectivity index (χ2v) is 23.2. The number of unbranched alkanes of at least 4 members (excludes halogenated alkanes) is 50. The molecule has 0 spiro atoms. The summed E-state index contributed by atoms with van der Waals surface area (Å²) in [4.78, 5) is 24.4. The number of amides is 1. The topological polar surface area (TPSA) is 95.9 Å². The summed E-state index contributed by atoms with van der Waals surface area (Å²) in [5.74, 6) is -0.0440. The molecule has 1 amide bonds. The Kier molecular flexibility index (Phi) is 62.4. The molecule has 0 rings (SSSR count). The summed E-state index contributed by atoms with van der Waals surface area (Å²) in [6.45, 7) is 4.91. The Labute approximate surface area is 462 Å². The van der Waals surface area contributed by atoms with Gasteiger partial charge in [0.05, 0.1) is 25.4 Å². The minimum Gasteiger partial charge on any atom is -0.466 e. The van der Waals surface area contributed by atoms with Crippen LogP contribution in [0.15, 0.2) is 24.3 Å². The van der Waals surface area contributed by atoms with Gasteiger partial charge < -0.3 is 20.3 Å². The Morgan fingerprint density at radius 2 is 0.635 bits per heavy atom. The predicted molar refractivity (Wildman–Crippen MR) is 324 cm³/mol. The number of aliphatic hydroxyl groups excluding tert-OH is 2.